The van der Waals surface area contributed by atoms with Crippen LogP contribution in [0.1, 0.15) is 58.8 Å². The van der Waals surface area contributed by atoms with Gasteiger partial charge in [0.2, 0.25) is 5.91 Å². The Kier molecular flexibility index (Phi) is 5.26. The first-order valence-corrected chi connectivity index (χ1v) is 8.08. The molecule has 0 unspecified atom stereocenters. The van der Waals surface area contributed by atoms with E-state index in [0.717, 1.165) is 38.4 Å². The Bertz CT molecular complexity index is 289. The summed E-state index contributed by atoms with van der Waals surface area (Å²) in [4.78, 5) is 12.2. The summed E-state index contributed by atoms with van der Waals surface area (Å²) in [5, 5.41) is 6.54. The Morgan fingerprint density at radius 3 is 2.37 bits per heavy atom. The summed E-state index contributed by atoms with van der Waals surface area (Å²) in [6.45, 7) is 7.48. The third-order valence-corrected chi connectivity index (χ3v) is 5.14. The first-order chi connectivity index (χ1) is 9.09. The summed E-state index contributed by atoms with van der Waals surface area (Å²) in [5.74, 6) is 1.31. The highest BCUT2D eigenvalue weighted by Gasteiger charge is 2.31. The van der Waals surface area contributed by atoms with Crippen LogP contribution in [-0.2, 0) is 4.79 Å². The fourth-order valence-corrected chi connectivity index (χ4v) is 3.57. The number of piperidine rings is 1. The summed E-state index contributed by atoms with van der Waals surface area (Å²) in [6.07, 6.45) is 8.82. The molecule has 0 spiro atoms. The predicted octanol–water partition coefficient (Wildman–Crippen LogP) is 2.71. The minimum atomic E-state index is 0.239. The van der Waals surface area contributed by atoms with Crippen LogP contribution in [0.3, 0.4) is 0 Å². The number of carbonyl (C=O) groups is 1. The second-order valence-electron chi connectivity index (χ2n) is 7.07. The van der Waals surface area contributed by atoms with E-state index < -0.39 is 0 Å². The second-order valence-corrected chi connectivity index (χ2v) is 7.07. The third-order valence-electron chi connectivity index (χ3n) is 5.14. The van der Waals surface area contributed by atoms with E-state index >= 15 is 0 Å². The summed E-state index contributed by atoms with van der Waals surface area (Å²) in [5.41, 5.74) is 0.253. The van der Waals surface area contributed by atoms with Gasteiger partial charge in [-0.1, -0.05) is 33.1 Å². The van der Waals surface area contributed by atoms with Gasteiger partial charge in [0, 0.05) is 12.5 Å². The van der Waals surface area contributed by atoms with Gasteiger partial charge in [-0.05, 0) is 50.1 Å². The van der Waals surface area contributed by atoms with Crippen molar-refractivity contribution in [1.82, 2.24) is 10.6 Å². The largest absolute Gasteiger partial charge is 0.355 e. The lowest BCUT2D eigenvalue weighted by atomic mass is 9.71. The summed E-state index contributed by atoms with van der Waals surface area (Å²) >= 11 is 0. The van der Waals surface area contributed by atoms with Crippen molar-refractivity contribution in [2.45, 2.75) is 58.8 Å². The Hall–Kier alpha value is -0.570. The fourth-order valence-electron chi connectivity index (χ4n) is 3.57. The van der Waals surface area contributed by atoms with Gasteiger partial charge in [0.05, 0.1) is 0 Å². The number of hydrogen-bond acceptors (Lipinski definition) is 2. The highest BCUT2D eigenvalue weighted by molar-refractivity contribution is 5.78. The van der Waals surface area contributed by atoms with Crippen molar-refractivity contribution in [2.75, 3.05) is 19.6 Å². The van der Waals surface area contributed by atoms with Crippen LogP contribution in [0.25, 0.3) is 0 Å². The van der Waals surface area contributed by atoms with Gasteiger partial charge in [-0.3, -0.25) is 4.79 Å². The van der Waals surface area contributed by atoms with Gasteiger partial charge in [0.15, 0.2) is 0 Å². The minimum Gasteiger partial charge on any atom is -0.355 e. The van der Waals surface area contributed by atoms with Gasteiger partial charge < -0.3 is 10.6 Å². The highest BCUT2D eigenvalue weighted by atomic mass is 16.1. The van der Waals surface area contributed by atoms with Crippen molar-refractivity contribution in [3.05, 3.63) is 0 Å². The zero-order chi connectivity index (χ0) is 13.7. The SMILES string of the molecule is CC(C)(CNC(=O)C1CCNCC1)C1CCCCC1. The van der Waals surface area contributed by atoms with Crippen molar-refractivity contribution in [1.29, 1.82) is 0 Å². The number of hydrogen-bond donors (Lipinski definition) is 2. The monoisotopic (exact) mass is 266 g/mol. The molecule has 1 aliphatic heterocycles. The molecule has 0 aromatic carbocycles. The molecule has 3 nitrogen and oxygen atoms in total. The molecular formula is C16H30N2O. The molecule has 1 amide bonds. The molecule has 2 fully saturated rings. The highest BCUT2D eigenvalue weighted by Crippen LogP contribution is 2.37. The first-order valence-electron chi connectivity index (χ1n) is 8.08. The molecule has 0 bridgehead atoms. The van der Waals surface area contributed by atoms with E-state index in [-0.39, 0.29) is 17.2 Å². The third kappa shape index (κ3) is 4.20. The molecule has 0 atom stereocenters. The average molecular weight is 266 g/mol. The van der Waals surface area contributed by atoms with E-state index in [4.69, 9.17) is 0 Å². The van der Waals surface area contributed by atoms with Crippen molar-refractivity contribution in [3.63, 3.8) is 0 Å². The molecule has 2 rings (SSSR count). The Morgan fingerprint density at radius 2 is 1.74 bits per heavy atom. The molecule has 1 aliphatic carbocycles. The lowest BCUT2D eigenvalue weighted by Gasteiger charge is -2.37. The zero-order valence-corrected chi connectivity index (χ0v) is 12.6. The minimum absolute atomic E-state index is 0.239. The first kappa shape index (κ1) is 14.8. The standard InChI is InChI=1S/C16H30N2O/c1-16(2,14-6-4-3-5-7-14)12-18-15(19)13-8-10-17-11-9-13/h13-14,17H,3-12H2,1-2H3,(H,18,19). The molecule has 110 valence electrons. The zero-order valence-electron chi connectivity index (χ0n) is 12.6. The Morgan fingerprint density at radius 1 is 1.11 bits per heavy atom. The predicted molar refractivity (Wildman–Crippen MR) is 79.0 cm³/mol. The van der Waals surface area contributed by atoms with Gasteiger partial charge in [-0.2, -0.15) is 0 Å². The van der Waals surface area contributed by atoms with Crippen molar-refractivity contribution in [2.24, 2.45) is 17.3 Å². The molecule has 2 N–H and O–H groups in total. The Labute approximate surface area is 117 Å². The van der Waals surface area contributed by atoms with Crippen molar-refractivity contribution in [3.8, 4) is 0 Å². The lowest BCUT2D eigenvalue weighted by molar-refractivity contribution is -0.126. The quantitative estimate of drug-likeness (QED) is 0.821. The topological polar surface area (TPSA) is 41.1 Å². The van der Waals surface area contributed by atoms with Gasteiger partial charge in [0.25, 0.3) is 0 Å². The van der Waals surface area contributed by atoms with E-state index in [2.05, 4.69) is 24.5 Å². The van der Waals surface area contributed by atoms with Crippen LogP contribution >= 0.6 is 0 Å². The van der Waals surface area contributed by atoms with E-state index in [1.807, 2.05) is 0 Å². The molecule has 0 radical (unpaired) electrons. The van der Waals surface area contributed by atoms with Gasteiger partial charge in [0.1, 0.15) is 0 Å². The fraction of sp³-hybridized carbons (Fsp3) is 0.938. The van der Waals surface area contributed by atoms with Crippen LogP contribution in [-0.4, -0.2) is 25.5 Å². The second kappa shape index (κ2) is 6.74. The van der Waals surface area contributed by atoms with Crippen LogP contribution in [0.15, 0.2) is 0 Å². The van der Waals surface area contributed by atoms with Crippen LogP contribution in [0.4, 0.5) is 0 Å². The molecule has 3 heteroatoms. The van der Waals surface area contributed by atoms with Crippen LogP contribution < -0.4 is 10.6 Å². The molecule has 0 aromatic heterocycles. The molecule has 1 heterocycles. The van der Waals surface area contributed by atoms with E-state index in [1.54, 1.807) is 0 Å². The molecular weight excluding hydrogens is 236 g/mol. The summed E-state index contributed by atoms with van der Waals surface area (Å²) < 4.78 is 0. The summed E-state index contributed by atoms with van der Waals surface area (Å²) in [7, 11) is 0. The maximum absolute atomic E-state index is 12.2. The maximum Gasteiger partial charge on any atom is 0.223 e. The van der Waals surface area contributed by atoms with E-state index in [9.17, 15) is 4.79 Å². The normalized spacial score (nSPS) is 23.3. The molecule has 2 aliphatic rings. The van der Waals surface area contributed by atoms with Crippen LogP contribution in [0, 0.1) is 17.3 Å². The van der Waals surface area contributed by atoms with Crippen LogP contribution in [0.2, 0.25) is 0 Å². The Balaban J connectivity index is 1.77. The van der Waals surface area contributed by atoms with Gasteiger partial charge >= 0.3 is 0 Å². The smallest absolute Gasteiger partial charge is 0.223 e. The van der Waals surface area contributed by atoms with Crippen molar-refractivity contribution < 1.29 is 4.79 Å². The van der Waals surface area contributed by atoms with Gasteiger partial charge in [-0.15, -0.1) is 0 Å². The van der Waals surface area contributed by atoms with Gasteiger partial charge in [-0.25, -0.2) is 0 Å². The average Bonchev–Trinajstić information content (AvgIpc) is 2.47. The number of rotatable bonds is 4. The van der Waals surface area contributed by atoms with Crippen LogP contribution in [0.5, 0.6) is 0 Å². The maximum atomic E-state index is 12.2. The number of nitrogens with one attached hydrogen (secondary N) is 2. The summed E-state index contributed by atoms with van der Waals surface area (Å²) in [6, 6.07) is 0. The lowest BCUT2D eigenvalue weighted by Crippen LogP contribution is -2.43. The van der Waals surface area contributed by atoms with Crippen molar-refractivity contribution >= 4 is 5.91 Å². The number of amides is 1. The molecule has 1 saturated carbocycles. The number of carbonyl (C=O) groups excluding carboxylic acids is 1. The molecule has 19 heavy (non-hydrogen) atoms. The molecule has 0 aromatic rings. The van der Waals surface area contributed by atoms with E-state index in [1.165, 1.54) is 32.1 Å². The molecule has 1 saturated heterocycles. The van der Waals surface area contributed by atoms with E-state index in [0.29, 0.717) is 0 Å².